The minimum absolute atomic E-state index is 0.0646. The largest absolute Gasteiger partial charge is 0.495 e. The monoisotopic (exact) mass is 528 g/mol. The van der Waals surface area contributed by atoms with Crippen LogP contribution < -0.4 is 30.2 Å². The van der Waals surface area contributed by atoms with Crippen molar-refractivity contribution in [1.82, 2.24) is 20.2 Å². The molecule has 0 atom stereocenters. The highest BCUT2D eigenvalue weighted by molar-refractivity contribution is 5.66. The molecule has 9 nitrogen and oxygen atoms in total. The molecule has 0 bridgehead atoms. The van der Waals surface area contributed by atoms with E-state index in [9.17, 15) is 8.78 Å². The lowest BCUT2D eigenvalue weighted by molar-refractivity contribution is 0.249. The minimum atomic E-state index is -0.735. The number of aryl methyl sites for hydroxylation is 1. The van der Waals surface area contributed by atoms with Crippen LogP contribution in [0, 0.1) is 11.6 Å². The molecule has 1 saturated heterocycles. The second-order valence-electron chi connectivity index (χ2n) is 8.86. The summed E-state index contributed by atoms with van der Waals surface area (Å²) in [5.74, 6) is -0.489. The van der Waals surface area contributed by atoms with Crippen molar-refractivity contribution in [2.45, 2.75) is 12.8 Å². The maximum absolute atomic E-state index is 14.6. The quantitative estimate of drug-likeness (QED) is 0.326. The van der Waals surface area contributed by atoms with Gasteiger partial charge in [0.05, 0.1) is 27.0 Å². The molecule has 0 unspecified atom stereocenters. The number of hydrogen-bond acceptors (Lipinski definition) is 9. The standard InChI is InChI=1S/C27H34F2N6O3/c1-36-22-14-19(5-7-21(22)31-10-13-35-11-8-30-9-12-35)34-27-32-16-18(17-33-27)4-6-20-25(28)23(37-2)15-24(38-3)26(20)29/h5,7,14-17,30-31H,4,6,8-13H2,1-3H3,(H,32,33,34). The van der Waals surface area contributed by atoms with Gasteiger partial charge in [-0.25, -0.2) is 18.7 Å². The van der Waals surface area contributed by atoms with E-state index in [1.54, 1.807) is 19.5 Å². The molecule has 0 aliphatic carbocycles. The van der Waals surface area contributed by atoms with Crippen molar-refractivity contribution in [3.05, 3.63) is 59.4 Å². The van der Waals surface area contributed by atoms with Gasteiger partial charge in [-0.15, -0.1) is 0 Å². The van der Waals surface area contributed by atoms with Crippen LogP contribution in [0.25, 0.3) is 0 Å². The molecule has 0 saturated carbocycles. The number of anilines is 3. The second-order valence-corrected chi connectivity index (χ2v) is 8.86. The van der Waals surface area contributed by atoms with Crippen molar-refractivity contribution in [2.75, 3.05) is 71.2 Å². The molecule has 0 amide bonds. The zero-order valence-corrected chi connectivity index (χ0v) is 21.9. The number of halogens is 2. The summed E-state index contributed by atoms with van der Waals surface area (Å²) in [6.07, 6.45) is 3.70. The van der Waals surface area contributed by atoms with Gasteiger partial charge in [0.1, 0.15) is 5.75 Å². The van der Waals surface area contributed by atoms with Gasteiger partial charge in [-0.1, -0.05) is 0 Å². The second kappa shape index (κ2) is 13.2. The SMILES string of the molecule is COc1cc(Nc2ncc(CCc3c(F)c(OC)cc(OC)c3F)cn2)ccc1NCCN1CCNCC1. The molecule has 1 fully saturated rings. The van der Waals surface area contributed by atoms with Crippen molar-refractivity contribution >= 4 is 17.3 Å². The van der Waals surface area contributed by atoms with Crippen molar-refractivity contribution in [1.29, 1.82) is 0 Å². The van der Waals surface area contributed by atoms with Gasteiger partial charge in [0.25, 0.3) is 0 Å². The molecule has 2 heterocycles. The van der Waals surface area contributed by atoms with Gasteiger partial charge < -0.3 is 30.2 Å². The lowest BCUT2D eigenvalue weighted by atomic mass is 10.0. The number of benzene rings is 2. The van der Waals surface area contributed by atoms with Gasteiger partial charge in [-0.2, -0.15) is 0 Å². The fraction of sp³-hybridized carbons (Fsp3) is 0.407. The molecule has 0 radical (unpaired) electrons. The highest BCUT2D eigenvalue weighted by atomic mass is 19.1. The fourth-order valence-electron chi connectivity index (χ4n) is 4.30. The highest BCUT2D eigenvalue weighted by Gasteiger charge is 2.20. The highest BCUT2D eigenvalue weighted by Crippen LogP contribution is 2.32. The summed E-state index contributed by atoms with van der Waals surface area (Å²) in [7, 11) is 4.29. The third-order valence-electron chi connectivity index (χ3n) is 6.44. The first-order valence-corrected chi connectivity index (χ1v) is 12.5. The van der Waals surface area contributed by atoms with Gasteiger partial charge in [-0.05, 0) is 30.5 Å². The Bertz CT molecular complexity index is 1180. The molecule has 204 valence electrons. The third kappa shape index (κ3) is 6.78. The summed E-state index contributed by atoms with van der Waals surface area (Å²) >= 11 is 0. The number of piperazine rings is 1. The van der Waals surface area contributed by atoms with Crippen LogP contribution in [0.15, 0.2) is 36.7 Å². The van der Waals surface area contributed by atoms with E-state index in [0.717, 1.165) is 56.2 Å². The first-order valence-electron chi connectivity index (χ1n) is 12.5. The average Bonchev–Trinajstić information content (AvgIpc) is 2.95. The van der Waals surface area contributed by atoms with Crippen LogP contribution in [0.5, 0.6) is 17.2 Å². The number of methoxy groups -OCH3 is 3. The molecule has 11 heteroatoms. The minimum Gasteiger partial charge on any atom is -0.495 e. The molecule has 3 aromatic rings. The molecular weight excluding hydrogens is 494 g/mol. The van der Waals surface area contributed by atoms with Crippen LogP contribution in [-0.2, 0) is 12.8 Å². The van der Waals surface area contributed by atoms with Crippen molar-refractivity contribution in [3.63, 3.8) is 0 Å². The maximum Gasteiger partial charge on any atom is 0.227 e. The predicted molar refractivity (Wildman–Crippen MR) is 143 cm³/mol. The summed E-state index contributed by atoms with van der Waals surface area (Å²) in [6.45, 7) is 5.97. The van der Waals surface area contributed by atoms with Gasteiger partial charge in [-0.3, -0.25) is 4.90 Å². The molecule has 0 spiro atoms. The Kier molecular flexibility index (Phi) is 9.50. The van der Waals surface area contributed by atoms with E-state index in [1.165, 1.54) is 20.3 Å². The Morgan fingerprint density at radius 3 is 2.18 bits per heavy atom. The van der Waals surface area contributed by atoms with Gasteiger partial charge >= 0.3 is 0 Å². The summed E-state index contributed by atoms with van der Waals surface area (Å²) in [6, 6.07) is 6.96. The zero-order valence-electron chi connectivity index (χ0n) is 21.9. The Hall–Kier alpha value is -3.70. The number of ether oxygens (including phenoxy) is 3. The van der Waals surface area contributed by atoms with Crippen molar-refractivity contribution in [2.24, 2.45) is 0 Å². The van der Waals surface area contributed by atoms with E-state index in [1.807, 2.05) is 18.2 Å². The first kappa shape index (κ1) is 27.3. The Morgan fingerprint density at radius 1 is 0.895 bits per heavy atom. The molecular formula is C27H34F2N6O3. The number of nitrogens with one attached hydrogen (secondary N) is 3. The number of hydrogen-bond donors (Lipinski definition) is 3. The fourth-order valence-corrected chi connectivity index (χ4v) is 4.30. The van der Waals surface area contributed by atoms with E-state index in [2.05, 4.69) is 30.8 Å². The van der Waals surface area contributed by atoms with E-state index in [0.29, 0.717) is 18.1 Å². The Morgan fingerprint density at radius 2 is 1.55 bits per heavy atom. The Labute approximate surface area is 221 Å². The summed E-state index contributed by atoms with van der Waals surface area (Å²) in [4.78, 5) is 11.1. The van der Waals surface area contributed by atoms with E-state index < -0.39 is 11.6 Å². The lowest BCUT2D eigenvalue weighted by Crippen LogP contribution is -2.45. The van der Waals surface area contributed by atoms with Crippen molar-refractivity contribution in [3.8, 4) is 17.2 Å². The molecule has 3 N–H and O–H groups in total. The number of aromatic nitrogens is 2. The summed E-state index contributed by atoms with van der Waals surface area (Å²) in [5.41, 5.74) is 2.32. The average molecular weight is 529 g/mol. The number of nitrogens with zero attached hydrogens (tertiary/aromatic N) is 3. The molecule has 1 aliphatic heterocycles. The smallest absolute Gasteiger partial charge is 0.227 e. The van der Waals surface area contributed by atoms with Gasteiger partial charge in [0, 0.05) is 75.0 Å². The molecule has 1 aromatic heterocycles. The summed E-state index contributed by atoms with van der Waals surface area (Å²) in [5, 5.41) is 9.97. The molecule has 4 rings (SSSR count). The summed E-state index contributed by atoms with van der Waals surface area (Å²) < 4.78 is 44.8. The van der Waals surface area contributed by atoms with Crippen molar-refractivity contribution < 1.29 is 23.0 Å². The third-order valence-corrected chi connectivity index (χ3v) is 6.44. The molecule has 38 heavy (non-hydrogen) atoms. The maximum atomic E-state index is 14.6. The molecule has 2 aromatic carbocycles. The lowest BCUT2D eigenvalue weighted by Gasteiger charge is -2.27. The van der Waals surface area contributed by atoms with E-state index in [-0.39, 0.29) is 23.5 Å². The van der Waals surface area contributed by atoms with Gasteiger partial charge in [0.2, 0.25) is 5.95 Å². The van der Waals surface area contributed by atoms with E-state index in [4.69, 9.17) is 14.2 Å². The van der Waals surface area contributed by atoms with Gasteiger partial charge in [0.15, 0.2) is 23.1 Å². The van der Waals surface area contributed by atoms with Crippen LogP contribution in [0.2, 0.25) is 0 Å². The van der Waals surface area contributed by atoms with E-state index >= 15 is 0 Å². The zero-order chi connectivity index (χ0) is 26.9. The van der Waals surface area contributed by atoms with Crippen LogP contribution >= 0.6 is 0 Å². The Balaban J connectivity index is 1.34. The van der Waals surface area contributed by atoms with Crippen LogP contribution in [0.3, 0.4) is 0 Å². The van der Waals surface area contributed by atoms with Crippen LogP contribution in [0.1, 0.15) is 11.1 Å². The normalized spacial score (nSPS) is 13.7. The van der Waals surface area contributed by atoms with Crippen LogP contribution in [0.4, 0.5) is 26.1 Å². The predicted octanol–water partition coefficient (Wildman–Crippen LogP) is 3.63. The van der Waals surface area contributed by atoms with Crippen LogP contribution in [-0.4, -0.2) is 75.5 Å². The first-order chi connectivity index (χ1) is 18.5. The molecule has 1 aliphatic rings. The topological polar surface area (TPSA) is 92.8 Å². The number of rotatable bonds is 12.